The van der Waals surface area contributed by atoms with Crippen LogP contribution in [0.3, 0.4) is 0 Å². The minimum absolute atomic E-state index is 0.205. The van der Waals surface area contributed by atoms with Crippen LogP contribution in [-0.2, 0) is 14.4 Å². The summed E-state index contributed by atoms with van der Waals surface area (Å²) in [7, 11) is 0. The van der Waals surface area contributed by atoms with Crippen molar-refractivity contribution >= 4 is 17.8 Å². The summed E-state index contributed by atoms with van der Waals surface area (Å²) in [5.74, 6) is -2.07. The van der Waals surface area contributed by atoms with Crippen molar-refractivity contribution in [2.45, 2.75) is 33.2 Å². The van der Waals surface area contributed by atoms with E-state index in [1.54, 1.807) is 11.8 Å². The summed E-state index contributed by atoms with van der Waals surface area (Å²) in [5, 5.41) is 10.7. The van der Waals surface area contributed by atoms with E-state index in [2.05, 4.69) is 5.32 Å². The predicted molar refractivity (Wildman–Crippen MR) is 57.8 cm³/mol. The minimum atomic E-state index is -1.21. The van der Waals surface area contributed by atoms with E-state index in [1.807, 2.05) is 13.8 Å². The monoisotopic (exact) mass is 230 g/mol. The van der Waals surface area contributed by atoms with Crippen LogP contribution in [0, 0.1) is 0 Å². The predicted octanol–water partition coefficient (Wildman–Crippen LogP) is -0.166. The van der Waals surface area contributed by atoms with Crippen LogP contribution >= 0.6 is 0 Å². The lowest BCUT2D eigenvalue weighted by molar-refractivity contribution is -0.142. The van der Waals surface area contributed by atoms with Crippen molar-refractivity contribution in [3.8, 4) is 0 Å². The van der Waals surface area contributed by atoms with Crippen LogP contribution in [-0.4, -0.2) is 46.9 Å². The standard InChI is InChI=1S/C10H18N2O4/c1-4-12(5-2)10(16)7(3)11-8(13)6-9(14)15/h7H,4-6H2,1-3H3,(H,11,13)(H,14,15). The van der Waals surface area contributed by atoms with E-state index in [-0.39, 0.29) is 5.91 Å². The van der Waals surface area contributed by atoms with Gasteiger partial charge < -0.3 is 15.3 Å². The molecule has 2 amide bonds. The Labute approximate surface area is 94.6 Å². The molecule has 0 aromatic rings. The number of nitrogens with one attached hydrogen (secondary N) is 1. The zero-order valence-electron chi connectivity index (χ0n) is 9.82. The fourth-order valence-electron chi connectivity index (χ4n) is 1.30. The number of hydrogen-bond donors (Lipinski definition) is 2. The highest BCUT2D eigenvalue weighted by atomic mass is 16.4. The maximum absolute atomic E-state index is 11.7. The first kappa shape index (κ1) is 14.4. The van der Waals surface area contributed by atoms with Gasteiger partial charge in [0, 0.05) is 13.1 Å². The maximum Gasteiger partial charge on any atom is 0.312 e. The van der Waals surface area contributed by atoms with E-state index in [0.717, 1.165) is 0 Å². The highest BCUT2D eigenvalue weighted by molar-refractivity contribution is 5.95. The third kappa shape index (κ3) is 4.77. The Bertz CT molecular complexity index is 274. The first-order chi connectivity index (χ1) is 7.42. The molecule has 0 aromatic heterocycles. The lowest BCUT2D eigenvalue weighted by atomic mass is 10.2. The van der Waals surface area contributed by atoms with E-state index in [1.165, 1.54) is 0 Å². The molecule has 0 fully saturated rings. The molecule has 0 aliphatic rings. The van der Waals surface area contributed by atoms with E-state index in [9.17, 15) is 14.4 Å². The normalized spacial score (nSPS) is 11.7. The van der Waals surface area contributed by atoms with Crippen LogP contribution in [0.2, 0.25) is 0 Å². The number of rotatable bonds is 6. The van der Waals surface area contributed by atoms with E-state index >= 15 is 0 Å². The van der Waals surface area contributed by atoms with Crippen molar-refractivity contribution in [2.75, 3.05) is 13.1 Å². The Hall–Kier alpha value is -1.59. The summed E-state index contributed by atoms with van der Waals surface area (Å²) in [6.45, 7) is 6.35. The summed E-state index contributed by atoms with van der Waals surface area (Å²) >= 11 is 0. The van der Waals surface area contributed by atoms with E-state index in [4.69, 9.17) is 5.11 Å². The lowest BCUT2D eigenvalue weighted by Gasteiger charge is -2.23. The number of likely N-dealkylation sites (N-methyl/N-ethyl adjacent to an activating group) is 1. The SMILES string of the molecule is CCN(CC)C(=O)C(C)NC(=O)CC(=O)O. The average Bonchev–Trinajstić information content (AvgIpc) is 2.17. The Kier molecular flexibility index (Phi) is 6.14. The number of nitrogens with zero attached hydrogens (tertiary/aromatic N) is 1. The number of carboxylic acids is 1. The van der Waals surface area contributed by atoms with Gasteiger partial charge in [0.1, 0.15) is 12.5 Å². The van der Waals surface area contributed by atoms with Gasteiger partial charge in [0.05, 0.1) is 0 Å². The van der Waals surface area contributed by atoms with Gasteiger partial charge in [-0.05, 0) is 20.8 Å². The second-order valence-electron chi connectivity index (χ2n) is 3.37. The Morgan fingerprint density at radius 3 is 2.12 bits per heavy atom. The molecule has 6 heteroatoms. The van der Waals surface area contributed by atoms with Crippen molar-refractivity contribution in [1.29, 1.82) is 0 Å². The molecule has 92 valence electrons. The summed E-state index contributed by atoms with van der Waals surface area (Å²) in [4.78, 5) is 34.6. The van der Waals surface area contributed by atoms with Gasteiger partial charge in [-0.2, -0.15) is 0 Å². The van der Waals surface area contributed by atoms with Gasteiger partial charge in [0.2, 0.25) is 11.8 Å². The quantitative estimate of drug-likeness (QED) is 0.620. The van der Waals surface area contributed by atoms with Crippen molar-refractivity contribution < 1.29 is 19.5 Å². The van der Waals surface area contributed by atoms with Gasteiger partial charge in [-0.15, -0.1) is 0 Å². The van der Waals surface area contributed by atoms with Gasteiger partial charge in [-0.25, -0.2) is 0 Å². The maximum atomic E-state index is 11.7. The fourth-order valence-corrected chi connectivity index (χ4v) is 1.30. The fraction of sp³-hybridized carbons (Fsp3) is 0.700. The number of amides is 2. The molecule has 6 nitrogen and oxygen atoms in total. The van der Waals surface area contributed by atoms with Crippen LogP contribution in [0.15, 0.2) is 0 Å². The molecule has 2 N–H and O–H groups in total. The second kappa shape index (κ2) is 6.81. The Morgan fingerprint density at radius 2 is 1.75 bits per heavy atom. The van der Waals surface area contributed by atoms with Crippen LogP contribution in [0.25, 0.3) is 0 Å². The summed E-state index contributed by atoms with van der Waals surface area (Å²) in [6.07, 6.45) is -0.615. The van der Waals surface area contributed by atoms with Crippen LogP contribution < -0.4 is 5.32 Å². The molecular weight excluding hydrogens is 212 g/mol. The summed E-state index contributed by atoms with van der Waals surface area (Å²) in [6, 6.07) is -0.688. The molecule has 0 rings (SSSR count). The summed E-state index contributed by atoms with van der Waals surface area (Å²) in [5.41, 5.74) is 0. The van der Waals surface area contributed by atoms with Crippen molar-refractivity contribution in [3.05, 3.63) is 0 Å². The first-order valence-corrected chi connectivity index (χ1v) is 5.22. The minimum Gasteiger partial charge on any atom is -0.481 e. The molecule has 0 aliphatic carbocycles. The number of hydrogen-bond acceptors (Lipinski definition) is 3. The number of carboxylic acid groups (broad SMARTS) is 1. The van der Waals surface area contributed by atoms with Crippen molar-refractivity contribution in [2.24, 2.45) is 0 Å². The van der Waals surface area contributed by atoms with E-state index < -0.39 is 24.3 Å². The molecule has 0 bridgehead atoms. The molecule has 16 heavy (non-hydrogen) atoms. The molecule has 0 radical (unpaired) electrons. The zero-order valence-corrected chi connectivity index (χ0v) is 9.82. The van der Waals surface area contributed by atoms with Gasteiger partial charge in [0.25, 0.3) is 0 Å². The molecule has 0 saturated heterocycles. The second-order valence-corrected chi connectivity index (χ2v) is 3.37. The van der Waals surface area contributed by atoms with E-state index in [0.29, 0.717) is 13.1 Å². The van der Waals surface area contributed by atoms with Crippen LogP contribution in [0.5, 0.6) is 0 Å². The number of carbonyl (C=O) groups is 3. The van der Waals surface area contributed by atoms with Crippen LogP contribution in [0.1, 0.15) is 27.2 Å². The van der Waals surface area contributed by atoms with Crippen molar-refractivity contribution in [3.63, 3.8) is 0 Å². The molecule has 0 aliphatic heterocycles. The first-order valence-electron chi connectivity index (χ1n) is 5.22. The molecular formula is C10H18N2O4. The molecule has 1 unspecified atom stereocenters. The Morgan fingerprint density at radius 1 is 1.25 bits per heavy atom. The molecule has 0 spiro atoms. The largest absolute Gasteiger partial charge is 0.481 e. The highest BCUT2D eigenvalue weighted by Gasteiger charge is 2.20. The van der Waals surface area contributed by atoms with Gasteiger partial charge in [-0.1, -0.05) is 0 Å². The zero-order chi connectivity index (χ0) is 12.7. The average molecular weight is 230 g/mol. The number of carbonyl (C=O) groups excluding carboxylic acids is 2. The molecule has 1 atom stereocenters. The molecule has 0 saturated carbocycles. The molecule has 0 heterocycles. The third-order valence-electron chi connectivity index (χ3n) is 2.13. The molecule has 0 aromatic carbocycles. The third-order valence-corrected chi connectivity index (χ3v) is 2.13. The summed E-state index contributed by atoms with van der Waals surface area (Å²) < 4.78 is 0. The smallest absolute Gasteiger partial charge is 0.312 e. The topological polar surface area (TPSA) is 86.7 Å². The van der Waals surface area contributed by atoms with Crippen molar-refractivity contribution in [1.82, 2.24) is 10.2 Å². The highest BCUT2D eigenvalue weighted by Crippen LogP contribution is 1.95. The van der Waals surface area contributed by atoms with Gasteiger partial charge >= 0.3 is 5.97 Å². The Balaban J connectivity index is 4.24. The number of aliphatic carboxylic acids is 1. The van der Waals surface area contributed by atoms with Gasteiger partial charge in [-0.3, -0.25) is 14.4 Å². The van der Waals surface area contributed by atoms with Gasteiger partial charge in [0.15, 0.2) is 0 Å². The van der Waals surface area contributed by atoms with Crippen LogP contribution in [0.4, 0.5) is 0 Å². The lowest BCUT2D eigenvalue weighted by Crippen LogP contribution is -2.47.